The Balaban J connectivity index is 2.02. The van der Waals surface area contributed by atoms with E-state index in [4.69, 9.17) is 10.6 Å². The summed E-state index contributed by atoms with van der Waals surface area (Å²) >= 11 is 0. The summed E-state index contributed by atoms with van der Waals surface area (Å²) in [5, 5.41) is 0. The number of ether oxygens (including phenoxy) is 1. The quantitative estimate of drug-likeness (QED) is 0.486. The van der Waals surface area contributed by atoms with Crippen molar-refractivity contribution in [3.05, 3.63) is 65.2 Å². The fraction of sp³-hybridized carbons (Fsp3) is 0.333. The maximum absolute atomic E-state index is 13.2. The van der Waals surface area contributed by atoms with Crippen molar-refractivity contribution in [2.24, 2.45) is 11.3 Å². The van der Waals surface area contributed by atoms with Crippen LogP contribution in [0, 0.1) is 5.41 Å². The SMILES string of the molecule is CC(C)(C)C(=O)N1Cc2ccc(C(=O)NN)cc2OC[C@@H]1c1ccccc1. The molecule has 1 heterocycles. The average Bonchev–Trinajstić information content (AvgIpc) is 2.85. The number of hydrazine groups is 1. The van der Waals surface area contributed by atoms with Crippen LogP contribution in [0.3, 0.4) is 0 Å². The fourth-order valence-corrected chi connectivity index (χ4v) is 3.19. The van der Waals surface area contributed by atoms with Crippen molar-refractivity contribution in [1.82, 2.24) is 10.3 Å². The molecule has 2 aromatic carbocycles. The van der Waals surface area contributed by atoms with E-state index in [0.717, 1.165) is 11.1 Å². The zero-order valence-electron chi connectivity index (χ0n) is 15.9. The third-order valence-electron chi connectivity index (χ3n) is 4.66. The summed E-state index contributed by atoms with van der Waals surface area (Å²) in [6.45, 7) is 6.47. The predicted octanol–water partition coefficient (Wildman–Crippen LogP) is 2.80. The molecular formula is C21H25N3O3. The molecule has 0 bridgehead atoms. The standard InChI is InChI=1S/C21H25N3O3/c1-21(2,3)20(26)24-12-16-10-9-15(19(25)23-22)11-18(16)27-13-17(24)14-7-5-4-6-8-14/h4-11,17H,12-13,22H2,1-3H3,(H,23,25)/t17-/m1/s1. The highest BCUT2D eigenvalue weighted by atomic mass is 16.5. The van der Waals surface area contributed by atoms with Crippen molar-refractivity contribution in [1.29, 1.82) is 0 Å². The van der Waals surface area contributed by atoms with Crippen LogP contribution in [-0.2, 0) is 11.3 Å². The summed E-state index contributed by atoms with van der Waals surface area (Å²) in [4.78, 5) is 26.9. The van der Waals surface area contributed by atoms with Crippen molar-refractivity contribution >= 4 is 11.8 Å². The summed E-state index contributed by atoms with van der Waals surface area (Å²) in [6.07, 6.45) is 0. The summed E-state index contributed by atoms with van der Waals surface area (Å²) in [6, 6.07) is 14.8. The highest BCUT2D eigenvalue weighted by Crippen LogP contribution is 2.35. The van der Waals surface area contributed by atoms with E-state index < -0.39 is 5.41 Å². The first-order valence-corrected chi connectivity index (χ1v) is 8.94. The van der Waals surface area contributed by atoms with Gasteiger partial charge in [-0.1, -0.05) is 57.2 Å². The Morgan fingerprint density at radius 1 is 1.15 bits per heavy atom. The van der Waals surface area contributed by atoms with Gasteiger partial charge in [-0.15, -0.1) is 0 Å². The van der Waals surface area contributed by atoms with Crippen LogP contribution in [0.1, 0.15) is 48.3 Å². The Labute approximate surface area is 159 Å². The molecular weight excluding hydrogens is 342 g/mol. The number of carbonyl (C=O) groups is 2. The van der Waals surface area contributed by atoms with Gasteiger partial charge in [-0.05, 0) is 17.7 Å². The first-order chi connectivity index (χ1) is 12.8. The van der Waals surface area contributed by atoms with Crippen LogP contribution in [0.2, 0.25) is 0 Å². The lowest BCUT2D eigenvalue weighted by Crippen LogP contribution is -2.42. The summed E-state index contributed by atoms with van der Waals surface area (Å²) in [7, 11) is 0. The zero-order chi connectivity index (χ0) is 19.6. The molecule has 3 rings (SSSR count). The minimum Gasteiger partial charge on any atom is -0.491 e. The van der Waals surface area contributed by atoms with Crippen molar-refractivity contribution in [3.8, 4) is 5.75 Å². The van der Waals surface area contributed by atoms with Crippen molar-refractivity contribution in [2.75, 3.05) is 6.61 Å². The molecule has 6 heteroatoms. The lowest BCUT2D eigenvalue weighted by atomic mass is 9.92. The second-order valence-electron chi connectivity index (χ2n) is 7.72. The number of fused-ring (bicyclic) bond motifs is 1. The molecule has 0 aromatic heterocycles. The minimum atomic E-state index is -0.517. The third kappa shape index (κ3) is 3.95. The average molecular weight is 367 g/mol. The molecule has 0 saturated carbocycles. The number of nitrogens with two attached hydrogens (primary N) is 1. The number of nitrogens with zero attached hydrogens (tertiary/aromatic N) is 1. The van der Waals surface area contributed by atoms with Gasteiger partial charge in [0.2, 0.25) is 5.91 Å². The molecule has 0 unspecified atom stereocenters. The van der Waals surface area contributed by atoms with E-state index >= 15 is 0 Å². The monoisotopic (exact) mass is 367 g/mol. The Hall–Kier alpha value is -2.86. The molecule has 1 aliphatic rings. The van der Waals surface area contributed by atoms with Gasteiger partial charge in [0.1, 0.15) is 12.4 Å². The van der Waals surface area contributed by atoms with Crippen molar-refractivity contribution in [3.63, 3.8) is 0 Å². The minimum absolute atomic E-state index is 0.0524. The van der Waals surface area contributed by atoms with Crippen molar-refractivity contribution < 1.29 is 14.3 Å². The molecule has 6 nitrogen and oxygen atoms in total. The van der Waals surface area contributed by atoms with Crippen LogP contribution in [0.15, 0.2) is 48.5 Å². The predicted molar refractivity (Wildman–Crippen MR) is 103 cm³/mol. The van der Waals surface area contributed by atoms with E-state index in [-0.39, 0.29) is 17.9 Å². The molecule has 1 atom stereocenters. The number of benzene rings is 2. The van der Waals surface area contributed by atoms with E-state index in [1.54, 1.807) is 12.1 Å². The number of rotatable bonds is 2. The molecule has 142 valence electrons. The Kier molecular flexibility index (Phi) is 5.19. The lowest BCUT2D eigenvalue weighted by Gasteiger charge is -2.34. The van der Waals surface area contributed by atoms with E-state index in [1.165, 1.54) is 0 Å². The van der Waals surface area contributed by atoms with E-state index in [9.17, 15) is 9.59 Å². The number of carbonyl (C=O) groups excluding carboxylic acids is 2. The number of nitrogens with one attached hydrogen (secondary N) is 1. The second kappa shape index (κ2) is 7.40. The molecule has 27 heavy (non-hydrogen) atoms. The van der Waals surface area contributed by atoms with E-state index in [0.29, 0.717) is 24.5 Å². The fourth-order valence-electron chi connectivity index (χ4n) is 3.19. The first-order valence-electron chi connectivity index (χ1n) is 8.94. The normalized spacial score (nSPS) is 16.7. The Bertz CT molecular complexity index is 843. The Morgan fingerprint density at radius 2 is 1.85 bits per heavy atom. The van der Waals surface area contributed by atoms with Crippen LogP contribution >= 0.6 is 0 Å². The van der Waals surface area contributed by atoms with Crippen LogP contribution < -0.4 is 16.0 Å². The van der Waals surface area contributed by atoms with Crippen LogP contribution in [0.4, 0.5) is 0 Å². The number of amides is 2. The molecule has 0 fully saturated rings. The van der Waals surface area contributed by atoms with Gasteiger partial charge in [-0.2, -0.15) is 0 Å². The van der Waals surface area contributed by atoms with Crippen LogP contribution in [0.5, 0.6) is 5.75 Å². The van der Waals surface area contributed by atoms with Gasteiger partial charge in [-0.25, -0.2) is 5.84 Å². The third-order valence-corrected chi connectivity index (χ3v) is 4.66. The number of hydrogen-bond donors (Lipinski definition) is 2. The topological polar surface area (TPSA) is 84.7 Å². The van der Waals surface area contributed by atoms with Gasteiger partial charge >= 0.3 is 0 Å². The summed E-state index contributed by atoms with van der Waals surface area (Å²) < 4.78 is 6.03. The Morgan fingerprint density at radius 3 is 2.48 bits per heavy atom. The molecule has 3 N–H and O–H groups in total. The van der Waals surface area contributed by atoms with Gasteiger partial charge in [0, 0.05) is 16.5 Å². The molecule has 0 aliphatic carbocycles. The second-order valence-corrected chi connectivity index (χ2v) is 7.72. The van der Waals surface area contributed by atoms with E-state index in [1.807, 2.05) is 62.1 Å². The maximum atomic E-state index is 13.2. The van der Waals surface area contributed by atoms with Gasteiger partial charge < -0.3 is 9.64 Å². The van der Waals surface area contributed by atoms with Crippen LogP contribution in [-0.4, -0.2) is 23.3 Å². The molecule has 0 spiro atoms. The van der Waals surface area contributed by atoms with Gasteiger partial charge in [-0.3, -0.25) is 15.0 Å². The summed E-state index contributed by atoms with van der Waals surface area (Å²) in [5.74, 6) is 5.49. The molecule has 0 saturated heterocycles. The van der Waals surface area contributed by atoms with Crippen LogP contribution in [0.25, 0.3) is 0 Å². The molecule has 2 aromatic rings. The first kappa shape index (κ1) is 18.9. The highest BCUT2D eigenvalue weighted by molar-refractivity contribution is 5.94. The number of nitrogen functional groups attached to an aromatic ring is 1. The molecule has 2 amide bonds. The van der Waals surface area contributed by atoms with Gasteiger partial charge in [0.05, 0.1) is 12.6 Å². The van der Waals surface area contributed by atoms with Gasteiger partial charge in [0.15, 0.2) is 0 Å². The lowest BCUT2D eigenvalue weighted by molar-refractivity contribution is -0.143. The zero-order valence-corrected chi connectivity index (χ0v) is 15.9. The highest BCUT2D eigenvalue weighted by Gasteiger charge is 2.35. The van der Waals surface area contributed by atoms with Crippen molar-refractivity contribution in [2.45, 2.75) is 33.4 Å². The molecule has 1 aliphatic heterocycles. The molecule has 0 radical (unpaired) electrons. The van der Waals surface area contributed by atoms with E-state index in [2.05, 4.69) is 5.43 Å². The van der Waals surface area contributed by atoms with Gasteiger partial charge in [0.25, 0.3) is 5.91 Å². The number of hydrogen-bond acceptors (Lipinski definition) is 4. The summed E-state index contributed by atoms with van der Waals surface area (Å²) in [5.41, 5.74) is 3.91. The maximum Gasteiger partial charge on any atom is 0.265 e. The largest absolute Gasteiger partial charge is 0.491 e. The smallest absolute Gasteiger partial charge is 0.265 e.